The number of alkyl halides is 6. The molecule has 1 aromatic carbocycles. The Labute approximate surface area is 194 Å². The van der Waals surface area contributed by atoms with E-state index in [4.69, 9.17) is 5.84 Å². The fraction of sp³-hybridized carbons (Fsp3) is 0.238. The molecule has 4 rings (SSSR count). The number of hydrogen-bond acceptors (Lipinski definition) is 6. The van der Waals surface area contributed by atoms with Gasteiger partial charge in [0.1, 0.15) is 0 Å². The highest BCUT2D eigenvalue weighted by molar-refractivity contribution is 5.95. The number of nitrogens with one attached hydrogen (secondary N) is 1. The van der Waals surface area contributed by atoms with Gasteiger partial charge in [-0.3, -0.25) is 24.5 Å². The number of rotatable bonds is 4. The van der Waals surface area contributed by atoms with E-state index in [1.165, 1.54) is 28.3 Å². The van der Waals surface area contributed by atoms with Gasteiger partial charge in [-0.15, -0.1) is 0 Å². The Morgan fingerprint density at radius 3 is 2.31 bits per heavy atom. The Morgan fingerprint density at radius 2 is 1.74 bits per heavy atom. The quantitative estimate of drug-likeness (QED) is 0.323. The number of anilines is 1. The minimum absolute atomic E-state index is 0.0403. The second kappa shape index (κ2) is 8.69. The molecule has 0 saturated heterocycles. The number of aromatic nitrogens is 4. The highest BCUT2D eigenvalue weighted by atomic mass is 19.4. The van der Waals surface area contributed by atoms with E-state index < -0.39 is 41.0 Å². The average molecular weight is 497 g/mol. The van der Waals surface area contributed by atoms with Gasteiger partial charge in [-0.1, -0.05) is 0 Å². The number of carbonyl (C=O) groups is 1. The number of amides is 1. The molecule has 3 N–H and O–H groups in total. The van der Waals surface area contributed by atoms with Crippen molar-refractivity contribution in [2.75, 3.05) is 5.01 Å². The predicted molar refractivity (Wildman–Crippen MR) is 111 cm³/mol. The van der Waals surface area contributed by atoms with Crippen LogP contribution in [0.3, 0.4) is 0 Å². The van der Waals surface area contributed by atoms with E-state index in [-0.39, 0.29) is 12.5 Å². The Bertz CT molecular complexity index is 1270. The SMILES string of the molecule is Cn1ccc(N(N)/C=C2\CC(NC(=O)c3cc(C(F)(F)F)cc(C(F)(F)F)c3)c3nccnc32)n1. The number of halogens is 6. The number of fused-ring (bicyclic) bond motifs is 1. The van der Waals surface area contributed by atoms with Crippen LogP contribution in [0.15, 0.2) is 49.1 Å². The first kappa shape index (κ1) is 24.2. The largest absolute Gasteiger partial charge is 0.416 e. The summed E-state index contributed by atoms with van der Waals surface area (Å²) in [6.07, 6.45) is -4.12. The van der Waals surface area contributed by atoms with Gasteiger partial charge in [0.15, 0.2) is 5.82 Å². The molecule has 35 heavy (non-hydrogen) atoms. The first-order valence-corrected chi connectivity index (χ1v) is 9.99. The Kier molecular flexibility index (Phi) is 6.00. The smallest absolute Gasteiger partial charge is 0.343 e. The minimum Gasteiger partial charge on any atom is -0.343 e. The molecule has 0 saturated carbocycles. The molecule has 0 spiro atoms. The molecule has 8 nitrogen and oxygen atoms in total. The summed E-state index contributed by atoms with van der Waals surface area (Å²) in [4.78, 5) is 21.2. The van der Waals surface area contributed by atoms with E-state index in [1.54, 1.807) is 19.3 Å². The van der Waals surface area contributed by atoms with Crippen molar-refractivity contribution < 1.29 is 31.1 Å². The first-order valence-electron chi connectivity index (χ1n) is 9.99. The Morgan fingerprint density at radius 1 is 1.11 bits per heavy atom. The molecule has 0 fully saturated rings. The molecule has 1 aliphatic rings. The van der Waals surface area contributed by atoms with E-state index in [0.717, 1.165) is 0 Å². The van der Waals surface area contributed by atoms with Gasteiger partial charge in [0, 0.05) is 55.5 Å². The number of nitrogens with two attached hydrogens (primary N) is 1. The summed E-state index contributed by atoms with van der Waals surface area (Å²) in [5.41, 5.74) is -2.75. The maximum atomic E-state index is 13.2. The van der Waals surface area contributed by atoms with Crippen molar-refractivity contribution in [2.45, 2.75) is 24.8 Å². The van der Waals surface area contributed by atoms with Crippen LogP contribution < -0.4 is 16.2 Å². The number of benzene rings is 1. The van der Waals surface area contributed by atoms with Crippen molar-refractivity contribution in [1.29, 1.82) is 0 Å². The fourth-order valence-corrected chi connectivity index (χ4v) is 3.60. The maximum absolute atomic E-state index is 13.2. The van der Waals surface area contributed by atoms with Crippen molar-refractivity contribution in [2.24, 2.45) is 12.9 Å². The monoisotopic (exact) mass is 497 g/mol. The van der Waals surface area contributed by atoms with E-state index in [9.17, 15) is 31.1 Å². The molecule has 1 amide bonds. The number of nitrogens with zero attached hydrogens (tertiary/aromatic N) is 5. The summed E-state index contributed by atoms with van der Waals surface area (Å²) in [5.74, 6) is 5.31. The van der Waals surface area contributed by atoms with Crippen LogP contribution in [0.1, 0.15) is 45.3 Å². The first-order chi connectivity index (χ1) is 16.3. The van der Waals surface area contributed by atoms with Crippen molar-refractivity contribution in [1.82, 2.24) is 25.1 Å². The van der Waals surface area contributed by atoms with Crippen LogP contribution in [-0.4, -0.2) is 25.7 Å². The molecule has 0 bridgehead atoms. The predicted octanol–water partition coefficient (Wildman–Crippen LogP) is 3.84. The lowest BCUT2D eigenvalue weighted by Gasteiger charge is -2.16. The average Bonchev–Trinajstić information content (AvgIpc) is 3.36. The van der Waals surface area contributed by atoms with Crippen LogP contribution >= 0.6 is 0 Å². The molecular formula is C21H17F6N7O. The number of carbonyl (C=O) groups excluding carboxylic acids is 1. The topological polar surface area (TPSA) is 102 Å². The van der Waals surface area contributed by atoms with Gasteiger partial charge in [-0.05, 0) is 18.2 Å². The molecule has 1 unspecified atom stereocenters. The molecule has 3 aromatic rings. The van der Waals surface area contributed by atoms with Crippen LogP contribution in [0, 0.1) is 0 Å². The van der Waals surface area contributed by atoms with Crippen LogP contribution in [0.4, 0.5) is 32.2 Å². The van der Waals surface area contributed by atoms with Gasteiger partial charge in [0.2, 0.25) is 0 Å². The lowest BCUT2D eigenvalue weighted by Crippen LogP contribution is -2.28. The van der Waals surface area contributed by atoms with Crippen molar-refractivity contribution in [3.05, 3.63) is 77.1 Å². The zero-order valence-corrected chi connectivity index (χ0v) is 17.9. The normalized spacial score (nSPS) is 16.9. The molecule has 184 valence electrons. The van der Waals surface area contributed by atoms with E-state index in [0.29, 0.717) is 34.9 Å². The summed E-state index contributed by atoms with van der Waals surface area (Å²) in [5, 5.41) is 7.84. The highest BCUT2D eigenvalue weighted by Crippen LogP contribution is 2.39. The number of hydrazine groups is 1. The maximum Gasteiger partial charge on any atom is 0.416 e. The molecular weight excluding hydrogens is 480 g/mol. The third-order valence-electron chi connectivity index (χ3n) is 5.20. The van der Waals surface area contributed by atoms with Crippen LogP contribution in [0.25, 0.3) is 5.57 Å². The third-order valence-corrected chi connectivity index (χ3v) is 5.20. The molecule has 0 aliphatic heterocycles. The second-order valence-corrected chi connectivity index (χ2v) is 7.72. The van der Waals surface area contributed by atoms with E-state index in [1.807, 2.05) is 0 Å². The standard InChI is InChI=1S/C21H17F6N7O/c1-33-5-2-16(32-33)34(28)10-12-8-15(18-17(12)29-3-4-30-18)31-19(35)11-6-13(20(22,23)24)9-14(7-11)21(25,26)27/h2-7,9-10,15H,8,28H2,1H3,(H,31,35)/b12-10+. The van der Waals surface area contributed by atoms with E-state index >= 15 is 0 Å². The minimum atomic E-state index is -5.08. The molecule has 14 heteroatoms. The lowest BCUT2D eigenvalue weighted by atomic mass is 10.0. The van der Waals surface area contributed by atoms with Gasteiger partial charge in [-0.2, -0.15) is 31.4 Å². The second-order valence-electron chi connectivity index (χ2n) is 7.72. The van der Waals surface area contributed by atoms with Crippen LogP contribution in [-0.2, 0) is 19.4 Å². The zero-order valence-electron chi connectivity index (χ0n) is 17.9. The van der Waals surface area contributed by atoms with Gasteiger partial charge < -0.3 is 5.32 Å². The van der Waals surface area contributed by atoms with Crippen molar-refractivity contribution in [3.8, 4) is 0 Å². The summed E-state index contributed by atoms with van der Waals surface area (Å²) in [6.45, 7) is 0. The van der Waals surface area contributed by atoms with Crippen molar-refractivity contribution in [3.63, 3.8) is 0 Å². The molecule has 2 heterocycles. The summed E-state index contributed by atoms with van der Waals surface area (Å²) < 4.78 is 80.5. The highest BCUT2D eigenvalue weighted by Gasteiger charge is 2.38. The zero-order chi connectivity index (χ0) is 25.5. The van der Waals surface area contributed by atoms with Gasteiger partial charge >= 0.3 is 12.4 Å². The summed E-state index contributed by atoms with van der Waals surface area (Å²) in [6, 6.07) is 1.49. The van der Waals surface area contributed by atoms with Crippen molar-refractivity contribution >= 4 is 17.3 Å². The Balaban J connectivity index is 1.63. The van der Waals surface area contributed by atoms with Gasteiger partial charge in [-0.25, -0.2) is 5.84 Å². The molecule has 1 atom stereocenters. The Hall–Kier alpha value is -3.94. The lowest BCUT2D eigenvalue weighted by molar-refractivity contribution is -0.143. The van der Waals surface area contributed by atoms with Gasteiger partial charge in [0.25, 0.3) is 5.91 Å². The molecule has 0 radical (unpaired) electrons. The van der Waals surface area contributed by atoms with E-state index in [2.05, 4.69) is 20.4 Å². The fourth-order valence-electron chi connectivity index (χ4n) is 3.60. The number of hydrogen-bond donors (Lipinski definition) is 2. The molecule has 1 aliphatic carbocycles. The van der Waals surface area contributed by atoms with Crippen LogP contribution in [0.5, 0.6) is 0 Å². The van der Waals surface area contributed by atoms with Crippen LogP contribution in [0.2, 0.25) is 0 Å². The molecule has 2 aromatic heterocycles. The third kappa shape index (κ3) is 5.11. The summed E-state index contributed by atoms with van der Waals surface area (Å²) >= 11 is 0. The van der Waals surface area contributed by atoms with Gasteiger partial charge in [0.05, 0.1) is 28.6 Å². The summed E-state index contributed by atoms with van der Waals surface area (Å²) in [7, 11) is 1.70. The number of aryl methyl sites for hydroxylation is 1.